The Bertz CT molecular complexity index is 474. The molecule has 138 valence electrons. The highest BCUT2D eigenvalue weighted by molar-refractivity contribution is 7.80. The van der Waals surface area contributed by atoms with Crippen molar-refractivity contribution in [3.05, 3.63) is 0 Å². The lowest BCUT2D eigenvalue weighted by Gasteiger charge is -2.22. The summed E-state index contributed by atoms with van der Waals surface area (Å²) in [5.74, 6) is -3.83. The van der Waals surface area contributed by atoms with Crippen molar-refractivity contribution in [2.45, 2.75) is 31.2 Å². The molecule has 0 aromatic rings. The summed E-state index contributed by atoms with van der Waals surface area (Å²) < 4.78 is 0. The molecular weight excluding hydrogens is 344 g/mol. The molecule has 8 N–H and O–H groups in total. The smallest absolute Gasteiger partial charge is 0.328 e. The Morgan fingerprint density at radius 3 is 2.17 bits per heavy atom. The number of rotatable bonds is 10. The van der Waals surface area contributed by atoms with Crippen LogP contribution in [0.3, 0.4) is 0 Å². The van der Waals surface area contributed by atoms with E-state index in [-0.39, 0.29) is 5.75 Å². The van der Waals surface area contributed by atoms with Gasteiger partial charge in [-0.2, -0.15) is 12.6 Å². The first-order valence-electron chi connectivity index (χ1n) is 6.89. The number of nitrogens with two attached hydrogens (primary N) is 1. The molecule has 0 saturated carbocycles. The zero-order valence-electron chi connectivity index (χ0n) is 12.9. The van der Waals surface area contributed by atoms with E-state index >= 15 is 0 Å². The van der Waals surface area contributed by atoms with Crippen molar-refractivity contribution in [3.63, 3.8) is 0 Å². The molecule has 0 rings (SSSR count). The average Bonchev–Trinajstić information content (AvgIpc) is 2.53. The zero-order valence-corrected chi connectivity index (χ0v) is 13.8. The molecule has 3 amide bonds. The number of amides is 3. The zero-order chi connectivity index (χ0) is 18.9. The fourth-order valence-corrected chi connectivity index (χ4v) is 1.62. The van der Waals surface area contributed by atoms with Crippen molar-refractivity contribution in [3.8, 4) is 0 Å². The van der Waals surface area contributed by atoms with Crippen LogP contribution in [0, 0.1) is 0 Å². The molecule has 0 fully saturated rings. The van der Waals surface area contributed by atoms with Crippen molar-refractivity contribution in [1.29, 1.82) is 0 Å². The maximum absolute atomic E-state index is 11.9. The van der Waals surface area contributed by atoms with Gasteiger partial charge in [0.05, 0.1) is 25.3 Å². The van der Waals surface area contributed by atoms with Crippen LogP contribution in [0.1, 0.15) is 6.92 Å². The van der Waals surface area contributed by atoms with E-state index in [9.17, 15) is 24.3 Å². The van der Waals surface area contributed by atoms with Gasteiger partial charge in [-0.25, -0.2) is 4.79 Å². The summed E-state index contributed by atoms with van der Waals surface area (Å²) in [5.41, 5.74) is 5.40. The standard InChI is InChI=1S/C12H22N4O7S/c1-5(18)9(11(21)15-7(3-17)12(22)23)16-8(19)2-14-10(20)6(13)4-24/h5-7,9,17-18,24H,2-4,13H2,1H3,(H,14,20)(H,15,21)(H,16,19)(H,22,23). The maximum atomic E-state index is 11.9. The lowest BCUT2D eigenvalue weighted by Crippen LogP contribution is -2.57. The van der Waals surface area contributed by atoms with E-state index in [0.717, 1.165) is 0 Å². The van der Waals surface area contributed by atoms with Crippen LogP contribution in [0.15, 0.2) is 0 Å². The number of thiol groups is 1. The van der Waals surface area contributed by atoms with E-state index in [0.29, 0.717) is 0 Å². The summed E-state index contributed by atoms with van der Waals surface area (Å²) in [7, 11) is 0. The minimum atomic E-state index is -1.58. The van der Waals surface area contributed by atoms with Crippen LogP contribution < -0.4 is 21.7 Å². The second kappa shape index (κ2) is 10.8. The van der Waals surface area contributed by atoms with Crippen LogP contribution in [0.5, 0.6) is 0 Å². The van der Waals surface area contributed by atoms with Crippen LogP contribution >= 0.6 is 12.6 Å². The molecule has 0 saturated heterocycles. The monoisotopic (exact) mass is 366 g/mol. The van der Waals surface area contributed by atoms with E-state index in [4.69, 9.17) is 15.9 Å². The molecule has 0 heterocycles. The van der Waals surface area contributed by atoms with E-state index in [2.05, 4.69) is 23.3 Å². The molecule has 0 bridgehead atoms. The molecule has 0 aliphatic heterocycles. The Morgan fingerprint density at radius 1 is 1.17 bits per heavy atom. The van der Waals surface area contributed by atoms with Gasteiger partial charge in [0.15, 0.2) is 0 Å². The number of aliphatic carboxylic acids is 1. The Hall–Kier alpha value is -1.89. The molecular formula is C12H22N4O7S. The highest BCUT2D eigenvalue weighted by atomic mass is 32.1. The first-order chi connectivity index (χ1) is 11.1. The fourth-order valence-electron chi connectivity index (χ4n) is 1.46. The van der Waals surface area contributed by atoms with E-state index in [1.54, 1.807) is 0 Å². The highest BCUT2D eigenvalue weighted by Gasteiger charge is 2.29. The number of carbonyl (C=O) groups excluding carboxylic acids is 3. The molecule has 11 nitrogen and oxygen atoms in total. The summed E-state index contributed by atoms with van der Waals surface area (Å²) in [6.07, 6.45) is -1.35. The normalized spacial score (nSPS) is 15.5. The number of hydrogen-bond acceptors (Lipinski definition) is 8. The van der Waals surface area contributed by atoms with Gasteiger partial charge in [-0.15, -0.1) is 0 Å². The minimum absolute atomic E-state index is 0.0733. The molecule has 12 heteroatoms. The first kappa shape index (κ1) is 22.1. The van der Waals surface area contributed by atoms with Gasteiger partial charge in [-0.3, -0.25) is 14.4 Å². The molecule has 0 aliphatic rings. The minimum Gasteiger partial charge on any atom is -0.480 e. The van der Waals surface area contributed by atoms with Gasteiger partial charge in [0.1, 0.15) is 12.1 Å². The SMILES string of the molecule is CC(O)C(NC(=O)CNC(=O)C(N)CS)C(=O)NC(CO)C(=O)O. The fraction of sp³-hybridized carbons (Fsp3) is 0.667. The number of carbonyl (C=O) groups is 4. The molecule has 0 aliphatic carbocycles. The molecule has 24 heavy (non-hydrogen) atoms. The van der Waals surface area contributed by atoms with Gasteiger partial charge in [-0.05, 0) is 6.92 Å². The summed E-state index contributed by atoms with van der Waals surface area (Å²) in [5, 5.41) is 33.5. The van der Waals surface area contributed by atoms with Crippen LogP contribution in [0.4, 0.5) is 0 Å². The van der Waals surface area contributed by atoms with Crippen LogP contribution in [0.2, 0.25) is 0 Å². The third-order valence-corrected chi connectivity index (χ3v) is 3.23. The second-order valence-corrected chi connectivity index (χ2v) is 5.24. The molecule has 4 atom stereocenters. The predicted octanol–water partition coefficient (Wildman–Crippen LogP) is -4.21. The van der Waals surface area contributed by atoms with Crippen molar-refractivity contribution < 1.29 is 34.5 Å². The molecule has 0 radical (unpaired) electrons. The summed E-state index contributed by atoms with van der Waals surface area (Å²) in [6.45, 7) is -0.160. The lowest BCUT2D eigenvalue weighted by atomic mass is 10.1. The number of carboxylic acids is 1. The lowest BCUT2D eigenvalue weighted by molar-refractivity contribution is -0.144. The average molecular weight is 366 g/mol. The Labute approximate surface area is 143 Å². The van der Waals surface area contributed by atoms with Gasteiger partial charge < -0.3 is 37.0 Å². The number of hydrogen-bond donors (Lipinski definition) is 8. The maximum Gasteiger partial charge on any atom is 0.328 e. The number of nitrogens with one attached hydrogen (secondary N) is 3. The molecule has 4 unspecified atom stereocenters. The van der Waals surface area contributed by atoms with Gasteiger partial charge in [0, 0.05) is 5.75 Å². The Balaban J connectivity index is 4.67. The van der Waals surface area contributed by atoms with Gasteiger partial charge in [0.25, 0.3) is 0 Å². The topological polar surface area (TPSA) is 191 Å². The van der Waals surface area contributed by atoms with E-state index in [1.165, 1.54) is 6.92 Å². The van der Waals surface area contributed by atoms with Crippen molar-refractivity contribution in [2.24, 2.45) is 5.73 Å². The van der Waals surface area contributed by atoms with Crippen LogP contribution in [-0.4, -0.2) is 82.1 Å². The Kier molecular flexibility index (Phi) is 9.95. The molecule has 0 spiro atoms. The summed E-state index contributed by atoms with van der Waals surface area (Å²) in [4.78, 5) is 45.8. The first-order valence-corrected chi connectivity index (χ1v) is 7.52. The third kappa shape index (κ3) is 7.59. The van der Waals surface area contributed by atoms with Gasteiger partial charge >= 0.3 is 5.97 Å². The van der Waals surface area contributed by atoms with Crippen molar-refractivity contribution >= 4 is 36.3 Å². The van der Waals surface area contributed by atoms with Gasteiger partial charge in [-0.1, -0.05) is 0 Å². The summed E-state index contributed by atoms with van der Waals surface area (Å²) in [6, 6.07) is -3.96. The van der Waals surface area contributed by atoms with E-state index < -0.39 is 61.1 Å². The highest BCUT2D eigenvalue weighted by Crippen LogP contribution is 1.95. The molecule has 0 aromatic carbocycles. The van der Waals surface area contributed by atoms with E-state index in [1.807, 2.05) is 5.32 Å². The Morgan fingerprint density at radius 2 is 1.75 bits per heavy atom. The quantitative estimate of drug-likeness (QED) is 0.178. The number of carboxylic acid groups (broad SMARTS) is 1. The van der Waals surface area contributed by atoms with Crippen LogP contribution in [0.25, 0.3) is 0 Å². The van der Waals surface area contributed by atoms with Crippen molar-refractivity contribution in [1.82, 2.24) is 16.0 Å². The van der Waals surface area contributed by atoms with Crippen molar-refractivity contribution in [2.75, 3.05) is 18.9 Å². The third-order valence-electron chi connectivity index (χ3n) is 2.84. The van der Waals surface area contributed by atoms with Crippen LogP contribution in [-0.2, 0) is 19.2 Å². The largest absolute Gasteiger partial charge is 0.480 e. The summed E-state index contributed by atoms with van der Waals surface area (Å²) >= 11 is 3.83. The number of aliphatic hydroxyl groups is 2. The second-order valence-electron chi connectivity index (χ2n) is 4.87. The number of aliphatic hydroxyl groups excluding tert-OH is 2. The predicted molar refractivity (Wildman–Crippen MR) is 85.1 cm³/mol. The molecule has 0 aromatic heterocycles. The van der Waals surface area contributed by atoms with Gasteiger partial charge in [0.2, 0.25) is 17.7 Å².